The highest BCUT2D eigenvalue weighted by atomic mass is 79.9. The van der Waals surface area contributed by atoms with E-state index in [4.69, 9.17) is 0 Å². The van der Waals surface area contributed by atoms with Crippen LogP contribution in [0, 0.1) is 5.82 Å². The van der Waals surface area contributed by atoms with Crippen LogP contribution in [0.5, 0.6) is 0 Å². The van der Waals surface area contributed by atoms with Gasteiger partial charge in [-0.1, -0.05) is 26.0 Å². The maximum absolute atomic E-state index is 13.6. The number of halogens is 2. The summed E-state index contributed by atoms with van der Waals surface area (Å²) in [5, 5.41) is 3.71. The Hall–Kier alpha value is -0.450. The molecule has 1 N–H and O–H groups in total. The minimum Gasteiger partial charge on any atom is -0.310 e. The SMILES string of the molecule is CCC1(CC)CN(Cc2cccc(F)c2Br)CCCN1. The van der Waals surface area contributed by atoms with Crippen molar-refractivity contribution >= 4 is 15.9 Å². The molecule has 1 aliphatic heterocycles. The minimum absolute atomic E-state index is 0.173. The molecule has 0 bridgehead atoms. The Labute approximate surface area is 129 Å². The first-order valence-corrected chi connectivity index (χ1v) is 8.30. The van der Waals surface area contributed by atoms with Crippen LogP contribution in [0.3, 0.4) is 0 Å². The quantitative estimate of drug-likeness (QED) is 0.891. The lowest BCUT2D eigenvalue weighted by Crippen LogP contribution is -2.50. The molecule has 2 nitrogen and oxygen atoms in total. The van der Waals surface area contributed by atoms with Crippen molar-refractivity contribution in [1.29, 1.82) is 0 Å². The van der Waals surface area contributed by atoms with E-state index in [1.807, 2.05) is 6.07 Å². The van der Waals surface area contributed by atoms with E-state index in [0.717, 1.165) is 51.0 Å². The van der Waals surface area contributed by atoms with Crippen molar-refractivity contribution in [1.82, 2.24) is 10.2 Å². The fourth-order valence-corrected chi connectivity index (χ4v) is 3.38. The summed E-state index contributed by atoms with van der Waals surface area (Å²) in [6.45, 7) is 8.47. The van der Waals surface area contributed by atoms with Crippen molar-refractivity contribution in [2.75, 3.05) is 19.6 Å². The lowest BCUT2D eigenvalue weighted by Gasteiger charge is -2.35. The summed E-state index contributed by atoms with van der Waals surface area (Å²) in [4.78, 5) is 2.45. The summed E-state index contributed by atoms with van der Waals surface area (Å²) in [7, 11) is 0. The van der Waals surface area contributed by atoms with Gasteiger partial charge >= 0.3 is 0 Å². The van der Waals surface area contributed by atoms with Gasteiger partial charge in [-0.15, -0.1) is 0 Å². The first-order chi connectivity index (χ1) is 9.60. The van der Waals surface area contributed by atoms with Crippen molar-refractivity contribution < 1.29 is 4.39 Å². The van der Waals surface area contributed by atoms with E-state index in [1.165, 1.54) is 6.07 Å². The van der Waals surface area contributed by atoms with Gasteiger partial charge < -0.3 is 5.32 Å². The second-order valence-corrected chi connectivity index (χ2v) is 6.48. The summed E-state index contributed by atoms with van der Waals surface area (Å²) >= 11 is 3.37. The third-order valence-electron chi connectivity index (χ3n) is 4.46. The highest BCUT2D eigenvalue weighted by Crippen LogP contribution is 2.25. The van der Waals surface area contributed by atoms with Crippen LogP contribution < -0.4 is 5.32 Å². The zero-order valence-corrected chi connectivity index (χ0v) is 14.0. The van der Waals surface area contributed by atoms with Gasteiger partial charge in [0.25, 0.3) is 0 Å². The highest BCUT2D eigenvalue weighted by molar-refractivity contribution is 9.10. The fourth-order valence-electron chi connectivity index (χ4n) is 2.99. The van der Waals surface area contributed by atoms with Crippen LogP contribution in [0.2, 0.25) is 0 Å². The molecule has 0 radical (unpaired) electrons. The van der Waals surface area contributed by atoms with Crippen LogP contribution in [0.15, 0.2) is 22.7 Å². The van der Waals surface area contributed by atoms with Crippen molar-refractivity contribution in [2.45, 2.75) is 45.2 Å². The molecule has 1 aromatic rings. The molecule has 1 aliphatic rings. The van der Waals surface area contributed by atoms with Crippen LogP contribution in [0.1, 0.15) is 38.7 Å². The summed E-state index contributed by atoms with van der Waals surface area (Å²) in [5.41, 5.74) is 1.24. The molecule has 0 amide bonds. The first kappa shape index (κ1) is 15.9. The van der Waals surface area contributed by atoms with Gasteiger partial charge in [0.05, 0.1) is 4.47 Å². The van der Waals surface area contributed by atoms with Crippen LogP contribution in [-0.2, 0) is 6.54 Å². The van der Waals surface area contributed by atoms with E-state index < -0.39 is 0 Å². The number of nitrogens with one attached hydrogen (secondary N) is 1. The average molecular weight is 343 g/mol. The third kappa shape index (κ3) is 3.60. The zero-order chi connectivity index (χ0) is 14.6. The van der Waals surface area contributed by atoms with Crippen molar-refractivity contribution in [3.63, 3.8) is 0 Å². The van der Waals surface area contributed by atoms with E-state index in [0.29, 0.717) is 4.47 Å². The number of hydrogen-bond acceptors (Lipinski definition) is 2. The van der Waals surface area contributed by atoms with Crippen LogP contribution in [0.4, 0.5) is 4.39 Å². The van der Waals surface area contributed by atoms with E-state index in [1.54, 1.807) is 6.07 Å². The van der Waals surface area contributed by atoms with E-state index >= 15 is 0 Å². The van der Waals surface area contributed by atoms with Crippen LogP contribution in [-0.4, -0.2) is 30.1 Å². The normalized spacial score (nSPS) is 19.8. The summed E-state index contributed by atoms with van der Waals surface area (Å²) in [5.74, 6) is -0.173. The Bertz CT molecular complexity index is 446. The molecule has 0 aliphatic carbocycles. The molecule has 0 spiro atoms. The van der Waals surface area contributed by atoms with Crippen LogP contribution in [0.25, 0.3) is 0 Å². The standard InChI is InChI=1S/C16H24BrFN2/c1-3-16(4-2)12-20(10-6-9-19-16)11-13-7-5-8-14(18)15(13)17/h5,7-8,19H,3-4,6,9-12H2,1-2H3. The van der Waals surface area contributed by atoms with Gasteiger partial charge in [0.15, 0.2) is 0 Å². The summed E-state index contributed by atoms with van der Waals surface area (Å²) < 4.78 is 14.2. The molecule has 20 heavy (non-hydrogen) atoms. The maximum Gasteiger partial charge on any atom is 0.137 e. The Morgan fingerprint density at radius 1 is 1.35 bits per heavy atom. The predicted octanol–water partition coefficient (Wildman–Crippen LogP) is 3.94. The molecular weight excluding hydrogens is 319 g/mol. The Morgan fingerprint density at radius 3 is 2.80 bits per heavy atom. The summed E-state index contributed by atoms with van der Waals surface area (Å²) in [6.07, 6.45) is 3.41. The first-order valence-electron chi connectivity index (χ1n) is 7.50. The van der Waals surface area contributed by atoms with Gasteiger partial charge in [0, 0.05) is 18.6 Å². The maximum atomic E-state index is 13.6. The van der Waals surface area contributed by atoms with Crippen molar-refractivity contribution in [3.05, 3.63) is 34.1 Å². The molecule has 0 aromatic heterocycles. The van der Waals surface area contributed by atoms with Crippen molar-refractivity contribution in [3.8, 4) is 0 Å². The monoisotopic (exact) mass is 342 g/mol. The highest BCUT2D eigenvalue weighted by Gasteiger charge is 2.30. The van der Waals surface area contributed by atoms with Gasteiger partial charge in [0.1, 0.15) is 5.82 Å². The lowest BCUT2D eigenvalue weighted by atomic mass is 9.92. The number of rotatable bonds is 4. The molecule has 1 fully saturated rings. The van der Waals surface area contributed by atoms with E-state index in [9.17, 15) is 4.39 Å². The van der Waals surface area contributed by atoms with Gasteiger partial charge in [0.2, 0.25) is 0 Å². The average Bonchev–Trinajstić information content (AvgIpc) is 2.67. The van der Waals surface area contributed by atoms with Crippen LogP contribution >= 0.6 is 15.9 Å². The Balaban J connectivity index is 2.13. The molecule has 0 atom stereocenters. The second kappa shape index (κ2) is 7.01. The molecule has 112 valence electrons. The number of benzene rings is 1. The molecule has 0 unspecified atom stereocenters. The molecule has 2 rings (SSSR count). The largest absolute Gasteiger partial charge is 0.310 e. The summed E-state index contributed by atoms with van der Waals surface area (Å²) in [6, 6.07) is 5.30. The topological polar surface area (TPSA) is 15.3 Å². The van der Waals surface area contributed by atoms with E-state index in [2.05, 4.69) is 40.0 Å². The molecule has 1 saturated heterocycles. The third-order valence-corrected chi connectivity index (χ3v) is 5.34. The van der Waals surface area contributed by atoms with E-state index in [-0.39, 0.29) is 11.4 Å². The van der Waals surface area contributed by atoms with Gasteiger partial charge in [-0.3, -0.25) is 4.90 Å². The molecule has 1 aromatic carbocycles. The molecular formula is C16H24BrFN2. The van der Waals surface area contributed by atoms with Gasteiger partial charge in [-0.05, 0) is 59.9 Å². The second-order valence-electron chi connectivity index (χ2n) is 5.69. The molecule has 0 saturated carbocycles. The molecule has 1 heterocycles. The van der Waals surface area contributed by atoms with Gasteiger partial charge in [-0.2, -0.15) is 0 Å². The Morgan fingerprint density at radius 2 is 2.10 bits per heavy atom. The van der Waals surface area contributed by atoms with Crippen molar-refractivity contribution in [2.24, 2.45) is 0 Å². The minimum atomic E-state index is -0.173. The lowest BCUT2D eigenvalue weighted by molar-refractivity contribution is 0.190. The zero-order valence-electron chi connectivity index (χ0n) is 12.4. The smallest absolute Gasteiger partial charge is 0.137 e. The fraction of sp³-hybridized carbons (Fsp3) is 0.625. The molecule has 4 heteroatoms. The number of hydrogen-bond donors (Lipinski definition) is 1. The predicted molar refractivity (Wildman–Crippen MR) is 85.3 cm³/mol. The number of nitrogens with zero attached hydrogens (tertiary/aromatic N) is 1. The Kier molecular flexibility index (Phi) is 5.58. The van der Waals surface area contributed by atoms with Gasteiger partial charge in [-0.25, -0.2) is 4.39 Å².